The van der Waals surface area contributed by atoms with Crippen molar-refractivity contribution in [2.24, 2.45) is 7.05 Å². The Morgan fingerprint density at radius 2 is 2.50 bits per heavy atom. The van der Waals surface area contributed by atoms with E-state index in [1.165, 1.54) is 5.69 Å². The van der Waals surface area contributed by atoms with Gasteiger partial charge >= 0.3 is 0 Å². The largest absolute Gasteiger partial charge is 0.373 e. The molecule has 2 heterocycles. The predicted octanol–water partition coefficient (Wildman–Crippen LogP) is 1.80. The highest BCUT2D eigenvalue weighted by atomic mass is 16.5. The molecule has 0 unspecified atom stereocenters. The summed E-state index contributed by atoms with van der Waals surface area (Å²) in [7, 11) is 2.09. The fraction of sp³-hybridized carbons (Fsp3) is 0.538. The van der Waals surface area contributed by atoms with Gasteiger partial charge in [0, 0.05) is 38.6 Å². The number of nitrogens with zero attached hydrogens (tertiary/aromatic N) is 2. The van der Waals surface area contributed by atoms with Crippen molar-refractivity contribution >= 4 is 0 Å². The summed E-state index contributed by atoms with van der Waals surface area (Å²) in [4.78, 5) is 2.45. The van der Waals surface area contributed by atoms with Crippen molar-refractivity contribution < 1.29 is 4.74 Å². The van der Waals surface area contributed by atoms with Crippen LogP contribution >= 0.6 is 0 Å². The zero-order valence-corrected chi connectivity index (χ0v) is 9.93. The van der Waals surface area contributed by atoms with Crippen LogP contribution in [0.25, 0.3) is 0 Å². The van der Waals surface area contributed by atoms with Crippen LogP contribution in [0.15, 0.2) is 31.0 Å². The molecule has 1 fully saturated rings. The van der Waals surface area contributed by atoms with Gasteiger partial charge in [0.25, 0.3) is 0 Å². The summed E-state index contributed by atoms with van der Waals surface area (Å²) in [6, 6.07) is 4.27. The summed E-state index contributed by atoms with van der Waals surface area (Å²) in [6.07, 6.45) is 5.44. The molecule has 1 aromatic rings. The fourth-order valence-electron chi connectivity index (χ4n) is 2.17. The van der Waals surface area contributed by atoms with Gasteiger partial charge in [-0.05, 0) is 18.6 Å². The molecule has 1 aliphatic rings. The fourth-order valence-corrected chi connectivity index (χ4v) is 2.17. The molecule has 0 bridgehead atoms. The molecular weight excluding hydrogens is 200 g/mol. The van der Waals surface area contributed by atoms with Crippen LogP contribution in [-0.2, 0) is 18.3 Å². The molecule has 3 heteroatoms. The highest BCUT2D eigenvalue weighted by Gasteiger charge is 2.22. The first-order valence-electron chi connectivity index (χ1n) is 5.84. The van der Waals surface area contributed by atoms with Gasteiger partial charge < -0.3 is 9.30 Å². The Morgan fingerprint density at radius 1 is 1.62 bits per heavy atom. The van der Waals surface area contributed by atoms with Crippen LogP contribution in [0.1, 0.15) is 12.1 Å². The van der Waals surface area contributed by atoms with Gasteiger partial charge in [-0.3, -0.25) is 4.90 Å². The SMILES string of the molecule is C=CCO[C@H]1CCN(Cc2cccn2C)C1. The predicted molar refractivity (Wildman–Crippen MR) is 65.2 cm³/mol. The molecule has 2 rings (SSSR count). The number of ether oxygens (including phenoxy) is 1. The molecule has 0 aromatic carbocycles. The first-order valence-corrected chi connectivity index (χ1v) is 5.84. The minimum Gasteiger partial charge on any atom is -0.373 e. The van der Waals surface area contributed by atoms with Crippen LogP contribution in [0.4, 0.5) is 0 Å². The molecule has 0 saturated carbocycles. The quantitative estimate of drug-likeness (QED) is 0.704. The molecule has 0 N–H and O–H groups in total. The average molecular weight is 220 g/mol. The standard InChI is InChI=1S/C13H20N2O/c1-3-9-16-13-6-8-15(11-13)10-12-5-4-7-14(12)2/h3-5,7,13H,1,6,8-11H2,2H3/t13-/m0/s1. The topological polar surface area (TPSA) is 17.4 Å². The molecule has 1 aromatic heterocycles. The van der Waals surface area contributed by atoms with Crippen LogP contribution in [-0.4, -0.2) is 35.3 Å². The second kappa shape index (κ2) is 5.32. The lowest BCUT2D eigenvalue weighted by molar-refractivity contribution is 0.0794. The summed E-state index contributed by atoms with van der Waals surface area (Å²) in [5.41, 5.74) is 1.37. The van der Waals surface area contributed by atoms with Crippen molar-refractivity contribution in [2.45, 2.75) is 19.1 Å². The molecule has 1 aliphatic heterocycles. The van der Waals surface area contributed by atoms with Gasteiger partial charge in [0.1, 0.15) is 0 Å². The number of aryl methyl sites for hydroxylation is 1. The number of likely N-dealkylation sites (tertiary alicyclic amines) is 1. The molecular formula is C13H20N2O. The molecule has 1 saturated heterocycles. The third-order valence-electron chi connectivity index (χ3n) is 3.12. The lowest BCUT2D eigenvalue weighted by Gasteiger charge is -2.16. The van der Waals surface area contributed by atoms with Crippen LogP contribution in [0.2, 0.25) is 0 Å². The second-order valence-electron chi connectivity index (χ2n) is 4.38. The maximum Gasteiger partial charge on any atom is 0.0718 e. The van der Waals surface area contributed by atoms with E-state index in [1.807, 2.05) is 6.08 Å². The molecule has 0 spiro atoms. The van der Waals surface area contributed by atoms with Crippen molar-refractivity contribution in [3.8, 4) is 0 Å². The molecule has 0 radical (unpaired) electrons. The normalized spacial score (nSPS) is 21.4. The van der Waals surface area contributed by atoms with Crippen LogP contribution in [0, 0.1) is 0 Å². The van der Waals surface area contributed by atoms with Crippen molar-refractivity contribution in [3.63, 3.8) is 0 Å². The number of hydrogen-bond donors (Lipinski definition) is 0. The van der Waals surface area contributed by atoms with Gasteiger partial charge in [0.2, 0.25) is 0 Å². The molecule has 1 atom stereocenters. The summed E-state index contributed by atoms with van der Waals surface area (Å²) < 4.78 is 7.84. The highest BCUT2D eigenvalue weighted by molar-refractivity contribution is 5.06. The highest BCUT2D eigenvalue weighted by Crippen LogP contribution is 2.15. The number of aromatic nitrogens is 1. The van der Waals surface area contributed by atoms with E-state index in [9.17, 15) is 0 Å². The van der Waals surface area contributed by atoms with E-state index in [-0.39, 0.29) is 0 Å². The third-order valence-corrected chi connectivity index (χ3v) is 3.12. The summed E-state index contributed by atoms with van der Waals surface area (Å²) in [6.45, 7) is 7.54. The number of hydrogen-bond acceptors (Lipinski definition) is 2. The van der Waals surface area contributed by atoms with E-state index in [0.717, 1.165) is 26.1 Å². The maximum absolute atomic E-state index is 5.67. The monoisotopic (exact) mass is 220 g/mol. The molecule has 3 nitrogen and oxygen atoms in total. The molecule has 0 aliphatic carbocycles. The first-order chi connectivity index (χ1) is 7.79. The van der Waals surface area contributed by atoms with Gasteiger partial charge in [-0.15, -0.1) is 6.58 Å². The zero-order valence-electron chi connectivity index (χ0n) is 9.93. The Labute approximate surface area is 97.3 Å². The van der Waals surface area contributed by atoms with E-state index < -0.39 is 0 Å². The van der Waals surface area contributed by atoms with E-state index in [0.29, 0.717) is 12.7 Å². The van der Waals surface area contributed by atoms with Crippen molar-refractivity contribution in [1.82, 2.24) is 9.47 Å². The van der Waals surface area contributed by atoms with E-state index in [4.69, 9.17) is 4.74 Å². The minimum absolute atomic E-state index is 0.387. The summed E-state index contributed by atoms with van der Waals surface area (Å²) >= 11 is 0. The van der Waals surface area contributed by atoms with Crippen LogP contribution < -0.4 is 0 Å². The second-order valence-corrected chi connectivity index (χ2v) is 4.38. The molecule has 88 valence electrons. The Morgan fingerprint density at radius 3 is 3.19 bits per heavy atom. The van der Waals surface area contributed by atoms with Crippen molar-refractivity contribution in [1.29, 1.82) is 0 Å². The van der Waals surface area contributed by atoms with Gasteiger partial charge in [0.15, 0.2) is 0 Å². The maximum atomic E-state index is 5.67. The molecule has 0 amide bonds. The summed E-state index contributed by atoms with van der Waals surface area (Å²) in [5.74, 6) is 0. The molecule has 16 heavy (non-hydrogen) atoms. The van der Waals surface area contributed by atoms with Crippen LogP contribution in [0.3, 0.4) is 0 Å². The zero-order chi connectivity index (χ0) is 11.4. The minimum atomic E-state index is 0.387. The Hall–Kier alpha value is -1.06. The van der Waals surface area contributed by atoms with E-state index in [2.05, 4.69) is 41.4 Å². The third kappa shape index (κ3) is 2.74. The van der Waals surface area contributed by atoms with E-state index in [1.54, 1.807) is 0 Å². The lowest BCUT2D eigenvalue weighted by Crippen LogP contribution is -2.24. The smallest absolute Gasteiger partial charge is 0.0718 e. The van der Waals surface area contributed by atoms with Gasteiger partial charge in [-0.2, -0.15) is 0 Å². The van der Waals surface area contributed by atoms with Gasteiger partial charge in [0.05, 0.1) is 12.7 Å². The number of rotatable bonds is 5. The Kier molecular flexibility index (Phi) is 3.80. The first kappa shape index (κ1) is 11.4. The van der Waals surface area contributed by atoms with Crippen molar-refractivity contribution in [2.75, 3.05) is 19.7 Å². The van der Waals surface area contributed by atoms with Crippen molar-refractivity contribution in [3.05, 3.63) is 36.7 Å². The Bertz CT molecular complexity index is 345. The van der Waals surface area contributed by atoms with Gasteiger partial charge in [-0.25, -0.2) is 0 Å². The van der Waals surface area contributed by atoms with Gasteiger partial charge in [-0.1, -0.05) is 6.08 Å². The van der Waals surface area contributed by atoms with E-state index >= 15 is 0 Å². The lowest BCUT2D eigenvalue weighted by atomic mass is 10.3. The Balaban J connectivity index is 1.81. The average Bonchev–Trinajstić information content (AvgIpc) is 2.87. The summed E-state index contributed by atoms with van der Waals surface area (Å²) in [5, 5.41) is 0. The van der Waals surface area contributed by atoms with Crippen LogP contribution in [0.5, 0.6) is 0 Å².